The molecule has 3 heterocycles. The zero-order valence-corrected chi connectivity index (χ0v) is 14.3. The number of nitrogens with two attached hydrogens (primary N) is 1. The smallest absolute Gasteiger partial charge is 0.291 e. The van der Waals surface area contributed by atoms with Crippen molar-refractivity contribution in [2.24, 2.45) is 0 Å². The van der Waals surface area contributed by atoms with Gasteiger partial charge in [0.25, 0.3) is 5.91 Å². The third kappa shape index (κ3) is 2.68. The number of ether oxygens (including phenoxy) is 1. The van der Waals surface area contributed by atoms with Crippen molar-refractivity contribution in [3.05, 3.63) is 51.2 Å². The van der Waals surface area contributed by atoms with Crippen molar-refractivity contribution < 1.29 is 9.53 Å². The number of hydrogen-bond acceptors (Lipinski definition) is 6. The standard InChI is InChI=1S/C17H13N3O2S2/c1-9-15(20-17(18)24-9)10-4-5-13-12(7-10)19-16(21)14(22-13)8-11-3-2-6-23-11/h2-8H,1H3,(H2,18,20)(H,19,21)/b14-8+. The number of thiazole rings is 1. The molecule has 1 aromatic carbocycles. The Kier molecular flexibility index (Phi) is 3.59. The van der Waals surface area contributed by atoms with Crippen LogP contribution in [0.15, 0.2) is 41.5 Å². The van der Waals surface area contributed by atoms with Gasteiger partial charge in [-0.1, -0.05) is 6.07 Å². The molecule has 0 atom stereocenters. The van der Waals surface area contributed by atoms with E-state index in [2.05, 4.69) is 10.3 Å². The van der Waals surface area contributed by atoms with Gasteiger partial charge in [0, 0.05) is 21.4 Å². The van der Waals surface area contributed by atoms with E-state index >= 15 is 0 Å². The fourth-order valence-electron chi connectivity index (χ4n) is 2.50. The molecule has 0 bridgehead atoms. The van der Waals surface area contributed by atoms with E-state index in [0.29, 0.717) is 16.6 Å². The molecule has 0 spiro atoms. The second-order valence-electron chi connectivity index (χ2n) is 5.25. The van der Waals surface area contributed by atoms with Gasteiger partial charge in [-0.15, -0.1) is 22.7 Å². The van der Waals surface area contributed by atoms with Crippen molar-refractivity contribution in [2.45, 2.75) is 6.92 Å². The van der Waals surface area contributed by atoms with Crippen molar-refractivity contribution in [1.29, 1.82) is 0 Å². The maximum Gasteiger partial charge on any atom is 0.291 e. The van der Waals surface area contributed by atoms with Crippen molar-refractivity contribution in [3.63, 3.8) is 0 Å². The molecule has 1 amide bonds. The van der Waals surface area contributed by atoms with Crippen LogP contribution in [0.4, 0.5) is 10.8 Å². The number of nitrogens with zero attached hydrogens (tertiary/aromatic N) is 1. The Morgan fingerprint density at radius 2 is 2.21 bits per heavy atom. The molecule has 0 aliphatic carbocycles. The van der Waals surface area contributed by atoms with Crippen LogP contribution in [0.25, 0.3) is 17.3 Å². The van der Waals surface area contributed by atoms with Crippen LogP contribution >= 0.6 is 22.7 Å². The Labute approximate surface area is 146 Å². The number of carbonyl (C=O) groups is 1. The molecule has 120 valence electrons. The molecule has 24 heavy (non-hydrogen) atoms. The highest BCUT2D eigenvalue weighted by atomic mass is 32.1. The summed E-state index contributed by atoms with van der Waals surface area (Å²) >= 11 is 2.99. The van der Waals surface area contributed by atoms with Crippen LogP contribution in [0.2, 0.25) is 0 Å². The van der Waals surface area contributed by atoms with Crippen molar-refractivity contribution >= 4 is 45.5 Å². The third-order valence-corrected chi connectivity index (χ3v) is 5.19. The Morgan fingerprint density at radius 1 is 1.33 bits per heavy atom. The number of nitrogens with one attached hydrogen (secondary N) is 1. The first kappa shape index (κ1) is 14.9. The monoisotopic (exact) mass is 355 g/mol. The van der Waals surface area contributed by atoms with Gasteiger partial charge in [-0.2, -0.15) is 0 Å². The average molecular weight is 355 g/mol. The van der Waals surface area contributed by atoms with Gasteiger partial charge in [-0.3, -0.25) is 4.79 Å². The number of thiophene rings is 1. The number of aryl methyl sites for hydroxylation is 1. The highest BCUT2D eigenvalue weighted by Crippen LogP contribution is 2.37. The van der Waals surface area contributed by atoms with Crippen LogP contribution in [-0.2, 0) is 4.79 Å². The van der Waals surface area contributed by atoms with Gasteiger partial charge in [0.1, 0.15) is 0 Å². The van der Waals surface area contributed by atoms with Gasteiger partial charge in [-0.25, -0.2) is 4.98 Å². The summed E-state index contributed by atoms with van der Waals surface area (Å²) in [6.45, 7) is 1.97. The lowest BCUT2D eigenvalue weighted by Gasteiger charge is -2.20. The van der Waals surface area contributed by atoms with E-state index < -0.39 is 0 Å². The van der Waals surface area contributed by atoms with Crippen molar-refractivity contribution in [1.82, 2.24) is 4.98 Å². The van der Waals surface area contributed by atoms with Gasteiger partial charge >= 0.3 is 0 Å². The zero-order valence-electron chi connectivity index (χ0n) is 12.7. The summed E-state index contributed by atoms with van der Waals surface area (Å²) < 4.78 is 5.76. The minimum atomic E-state index is -0.262. The maximum absolute atomic E-state index is 12.3. The van der Waals surface area contributed by atoms with Crippen LogP contribution in [0.5, 0.6) is 5.75 Å². The molecule has 3 N–H and O–H groups in total. The summed E-state index contributed by atoms with van der Waals surface area (Å²) in [7, 11) is 0. The number of anilines is 2. The molecule has 0 fully saturated rings. The van der Waals surface area contributed by atoms with Gasteiger partial charge in [0.15, 0.2) is 16.6 Å². The third-order valence-electron chi connectivity index (χ3n) is 3.57. The molecular weight excluding hydrogens is 342 g/mol. The number of amides is 1. The van der Waals surface area contributed by atoms with Crippen molar-refractivity contribution in [3.8, 4) is 17.0 Å². The fourth-order valence-corrected chi connectivity index (χ4v) is 3.85. The topological polar surface area (TPSA) is 77.2 Å². The van der Waals surface area contributed by atoms with E-state index in [1.54, 1.807) is 17.4 Å². The summed E-state index contributed by atoms with van der Waals surface area (Å²) in [5, 5.41) is 5.36. The molecule has 3 aromatic rings. The van der Waals surface area contributed by atoms with Gasteiger partial charge < -0.3 is 15.8 Å². The molecule has 0 unspecified atom stereocenters. The summed E-state index contributed by atoms with van der Waals surface area (Å²) in [6, 6.07) is 9.47. The lowest BCUT2D eigenvalue weighted by atomic mass is 10.1. The predicted molar refractivity (Wildman–Crippen MR) is 98.3 cm³/mol. The highest BCUT2D eigenvalue weighted by molar-refractivity contribution is 7.15. The first-order chi connectivity index (χ1) is 11.6. The SMILES string of the molecule is Cc1sc(N)nc1-c1ccc2c(c1)NC(=O)/C(=C\c1cccs1)O2. The number of rotatable bonds is 2. The summed E-state index contributed by atoms with van der Waals surface area (Å²) in [5.41, 5.74) is 8.12. The number of benzene rings is 1. The molecule has 1 aliphatic heterocycles. The molecule has 5 nitrogen and oxygen atoms in total. The van der Waals surface area contributed by atoms with E-state index in [-0.39, 0.29) is 11.7 Å². The molecule has 0 saturated heterocycles. The van der Waals surface area contributed by atoms with Gasteiger partial charge in [-0.05, 0) is 36.6 Å². The van der Waals surface area contributed by atoms with E-state index in [1.165, 1.54) is 11.3 Å². The molecular formula is C17H13N3O2S2. The number of carbonyl (C=O) groups excluding carboxylic acids is 1. The normalized spacial score (nSPS) is 15.0. The Morgan fingerprint density at radius 3 is 2.92 bits per heavy atom. The summed E-state index contributed by atoms with van der Waals surface area (Å²) in [4.78, 5) is 18.6. The minimum Gasteiger partial charge on any atom is -0.449 e. The number of aromatic nitrogens is 1. The Bertz CT molecular complexity index is 958. The second-order valence-corrected chi connectivity index (χ2v) is 7.46. The van der Waals surface area contributed by atoms with E-state index in [1.807, 2.05) is 42.6 Å². The Hall–Kier alpha value is -2.64. The molecule has 0 saturated carbocycles. The predicted octanol–water partition coefficient (Wildman–Crippen LogP) is 4.13. The van der Waals surface area contributed by atoms with Crippen molar-refractivity contribution in [2.75, 3.05) is 11.1 Å². The second kappa shape index (κ2) is 5.77. The van der Waals surface area contributed by atoms with Crippen LogP contribution in [0, 0.1) is 6.92 Å². The minimum absolute atomic E-state index is 0.262. The van der Waals surface area contributed by atoms with Crippen LogP contribution in [0.3, 0.4) is 0 Å². The maximum atomic E-state index is 12.3. The molecule has 0 radical (unpaired) electrons. The fraction of sp³-hybridized carbons (Fsp3) is 0.0588. The van der Waals surface area contributed by atoms with Crippen LogP contribution < -0.4 is 15.8 Å². The molecule has 4 rings (SSSR count). The average Bonchev–Trinajstić information content (AvgIpc) is 3.17. The zero-order chi connectivity index (χ0) is 16.7. The molecule has 2 aromatic heterocycles. The first-order valence-electron chi connectivity index (χ1n) is 7.22. The summed E-state index contributed by atoms with van der Waals surface area (Å²) in [6.07, 6.45) is 1.74. The molecule has 7 heteroatoms. The first-order valence-corrected chi connectivity index (χ1v) is 8.91. The highest BCUT2D eigenvalue weighted by Gasteiger charge is 2.23. The van der Waals surface area contributed by atoms with Crippen LogP contribution in [0.1, 0.15) is 9.75 Å². The van der Waals surface area contributed by atoms with Crippen LogP contribution in [-0.4, -0.2) is 10.9 Å². The number of hydrogen-bond donors (Lipinski definition) is 2. The number of fused-ring (bicyclic) bond motifs is 1. The largest absolute Gasteiger partial charge is 0.449 e. The number of nitrogen functional groups attached to an aromatic ring is 1. The lowest BCUT2D eigenvalue weighted by molar-refractivity contribution is -0.115. The van der Waals surface area contributed by atoms with Gasteiger partial charge in [0.05, 0.1) is 11.4 Å². The van der Waals surface area contributed by atoms with E-state index in [4.69, 9.17) is 10.5 Å². The lowest BCUT2D eigenvalue weighted by Crippen LogP contribution is -2.23. The summed E-state index contributed by atoms with van der Waals surface area (Å²) in [5.74, 6) is 0.636. The van der Waals surface area contributed by atoms with E-state index in [9.17, 15) is 4.79 Å². The van der Waals surface area contributed by atoms with E-state index in [0.717, 1.165) is 21.0 Å². The quantitative estimate of drug-likeness (QED) is 0.678. The molecule has 1 aliphatic rings. The van der Waals surface area contributed by atoms with Gasteiger partial charge in [0.2, 0.25) is 0 Å². The Balaban J connectivity index is 1.69.